The first-order valence-corrected chi connectivity index (χ1v) is 5.72. The standard InChI is InChI=1S/C14H16FN/c1-2-3-4-9-16-14-8-5-11-10-12(15)6-7-13(11)14/h6-7,10,14,16H,4-5,8-9H2,1H3. The van der Waals surface area contributed by atoms with Gasteiger partial charge < -0.3 is 5.32 Å². The lowest BCUT2D eigenvalue weighted by Crippen LogP contribution is -2.20. The van der Waals surface area contributed by atoms with Crippen LogP contribution in [0.15, 0.2) is 18.2 Å². The Morgan fingerprint density at radius 1 is 1.50 bits per heavy atom. The lowest BCUT2D eigenvalue weighted by molar-refractivity contribution is 0.538. The monoisotopic (exact) mass is 217 g/mol. The van der Waals surface area contributed by atoms with E-state index in [0.717, 1.165) is 31.4 Å². The molecule has 2 heteroatoms. The molecule has 0 saturated heterocycles. The SMILES string of the molecule is CC#CCCNC1CCc2cc(F)ccc21. The molecule has 0 radical (unpaired) electrons. The average Bonchev–Trinajstić information content (AvgIpc) is 2.67. The molecule has 0 bridgehead atoms. The predicted octanol–water partition coefficient (Wildman–Crippen LogP) is 2.82. The Hall–Kier alpha value is -1.33. The van der Waals surface area contributed by atoms with E-state index in [9.17, 15) is 4.39 Å². The van der Waals surface area contributed by atoms with Crippen molar-refractivity contribution in [2.45, 2.75) is 32.2 Å². The Morgan fingerprint density at radius 3 is 3.19 bits per heavy atom. The molecule has 1 aliphatic carbocycles. The summed E-state index contributed by atoms with van der Waals surface area (Å²) in [6.45, 7) is 2.76. The molecule has 1 nitrogen and oxygen atoms in total. The van der Waals surface area contributed by atoms with Crippen molar-refractivity contribution < 1.29 is 4.39 Å². The normalized spacial score (nSPS) is 17.8. The Labute approximate surface area is 96.1 Å². The van der Waals surface area contributed by atoms with Crippen molar-refractivity contribution in [2.75, 3.05) is 6.54 Å². The maximum Gasteiger partial charge on any atom is 0.123 e. The minimum absolute atomic E-state index is 0.128. The number of hydrogen-bond acceptors (Lipinski definition) is 1. The van der Waals surface area contributed by atoms with Gasteiger partial charge in [-0.1, -0.05) is 6.07 Å². The number of rotatable bonds is 3. The molecule has 84 valence electrons. The van der Waals surface area contributed by atoms with E-state index >= 15 is 0 Å². The highest BCUT2D eigenvalue weighted by molar-refractivity contribution is 5.34. The molecule has 0 saturated carbocycles. The zero-order valence-electron chi connectivity index (χ0n) is 9.52. The number of aryl methyl sites for hydroxylation is 1. The first-order chi connectivity index (χ1) is 7.81. The van der Waals surface area contributed by atoms with Crippen molar-refractivity contribution >= 4 is 0 Å². The molecule has 1 atom stereocenters. The number of fused-ring (bicyclic) bond motifs is 1. The third-order valence-corrected chi connectivity index (χ3v) is 3.00. The zero-order valence-corrected chi connectivity index (χ0v) is 9.52. The molecule has 0 aromatic heterocycles. The summed E-state index contributed by atoms with van der Waals surface area (Å²) >= 11 is 0. The molecule has 1 unspecified atom stereocenters. The summed E-state index contributed by atoms with van der Waals surface area (Å²) in [5, 5.41) is 3.47. The Balaban J connectivity index is 1.97. The van der Waals surface area contributed by atoms with Crippen molar-refractivity contribution in [3.8, 4) is 11.8 Å². The Kier molecular flexibility index (Phi) is 3.58. The van der Waals surface area contributed by atoms with E-state index in [1.807, 2.05) is 13.0 Å². The number of nitrogens with one attached hydrogen (secondary N) is 1. The van der Waals surface area contributed by atoms with Crippen molar-refractivity contribution in [1.82, 2.24) is 5.32 Å². The van der Waals surface area contributed by atoms with Crippen LogP contribution in [-0.2, 0) is 6.42 Å². The van der Waals surface area contributed by atoms with Crippen LogP contribution in [0.1, 0.15) is 36.9 Å². The second kappa shape index (κ2) is 5.14. The van der Waals surface area contributed by atoms with Crippen molar-refractivity contribution in [3.63, 3.8) is 0 Å². The van der Waals surface area contributed by atoms with Crippen LogP contribution < -0.4 is 5.32 Å². The van der Waals surface area contributed by atoms with Gasteiger partial charge in [-0.25, -0.2) is 4.39 Å². The van der Waals surface area contributed by atoms with E-state index in [2.05, 4.69) is 17.2 Å². The summed E-state index contributed by atoms with van der Waals surface area (Å²) in [6.07, 6.45) is 2.92. The van der Waals surface area contributed by atoms with Gasteiger partial charge in [-0.15, -0.1) is 11.8 Å². The van der Waals surface area contributed by atoms with Crippen LogP contribution in [-0.4, -0.2) is 6.54 Å². The molecular formula is C14H16FN. The fourth-order valence-corrected chi connectivity index (χ4v) is 2.23. The summed E-state index contributed by atoms with van der Waals surface area (Å²) < 4.78 is 13.0. The first kappa shape index (κ1) is 11.2. The molecule has 1 aromatic carbocycles. The van der Waals surface area contributed by atoms with E-state index in [1.165, 1.54) is 5.56 Å². The van der Waals surface area contributed by atoms with Gasteiger partial charge in [0.15, 0.2) is 0 Å². The molecule has 16 heavy (non-hydrogen) atoms. The third-order valence-electron chi connectivity index (χ3n) is 3.00. The molecule has 0 aliphatic heterocycles. The molecule has 0 amide bonds. The molecule has 0 spiro atoms. The van der Waals surface area contributed by atoms with Gasteiger partial charge in [0.2, 0.25) is 0 Å². The smallest absolute Gasteiger partial charge is 0.123 e. The maximum atomic E-state index is 13.0. The summed E-state index contributed by atoms with van der Waals surface area (Å²) in [5.74, 6) is 5.78. The minimum Gasteiger partial charge on any atom is -0.309 e. The fourth-order valence-electron chi connectivity index (χ4n) is 2.23. The van der Waals surface area contributed by atoms with Gasteiger partial charge in [0.05, 0.1) is 0 Å². The van der Waals surface area contributed by atoms with Crippen molar-refractivity contribution in [2.24, 2.45) is 0 Å². The quantitative estimate of drug-likeness (QED) is 0.606. The van der Waals surface area contributed by atoms with Gasteiger partial charge >= 0.3 is 0 Å². The summed E-state index contributed by atoms with van der Waals surface area (Å²) in [7, 11) is 0. The van der Waals surface area contributed by atoms with Crippen molar-refractivity contribution in [1.29, 1.82) is 0 Å². The molecule has 0 fully saturated rings. The van der Waals surface area contributed by atoms with Crippen LogP contribution in [0.2, 0.25) is 0 Å². The van der Waals surface area contributed by atoms with Gasteiger partial charge in [-0.2, -0.15) is 0 Å². The second-order valence-electron chi connectivity index (χ2n) is 4.07. The topological polar surface area (TPSA) is 12.0 Å². The van der Waals surface area contributed by atoms with Crippen LogP contribution in [0.25, 0.3) is 0 Å². The number of halogens is 1. The third kappa shape index (κ3) is 2.43. The maximum absolute atomic E-state index is 13.0. The molecule has 1 aliphatic rings. The van der Waals surface area contributed by atoms with E-state index < -0.39 is 0 Å². The van der Waals surface area contributed by atoms with Crippen LogP contribution in [0, 0.1) is 17.7 Å². The van der Waals surface area contributed by atoms with E-state index in [4.69, 9.17) is 0 Å². The zero-order chi connectivity index (χ0) is 11.4. The van der Waals surface area contributed by atoms with Gasteiger partial charge in [0.25, 0.3) is 0 Å². The highest BCUT2D eigenvalue weighted by Crippen LogP contribution is 2.31. The van der Waals surface area contributed by atoms with Crippen molar-refractivity contribution in [3.05, 3.63) is 35.1 Å². The lowest BCUT2D eigenvalue weighted by Gasteiger charge is -2.12. The fraction of sp³-hybridized carbons (Fsp3) is 0.429. The van der Waals surface area contributed by atoms with E-state index in [-0.39, 0.29) is 5.82 Å². The van der Waals surface area contributed by atoms with Gasteiger partial charge in [-0.3, -0.25) is 0 Å². The number of benzene rings is 1. The minimum atomic E-state index is -0.128. The Bertz CT molecular complexity index is 428. The molecule has 2 rings (SSSR count). The average molecular weight is 217 g/mol. The Morgan fingerprint density at radius 2 is 2.38 bits per heavy atom. The number of hydrogen-bond donors (Lipinski definition) is 1. The predicted molar refractivity (Wildman–Crippen MR) is 63.5 cm³/mol. The van der Waals surface area contributed by atoms with Gasteiger partial charge in [0, 0.05) is 19.0 Å². The molecule has 1 N–H and O–H groups in total. The van der Waals surface area contributed by atoms with Crippen LogP contribution in [0.5, 0.6) is 0 Å². The molecular weight excluding hydrogens is 201 g/mol. The lowest BCUT2D eigenvalue weighted by atomic mass is 10.1. The second-order valence-corrected chi connectivity index (χ2v) is 4.07. The van der Waals surface area contributed by atoms with Gasteiger partial charge in [0.1, 0.15) is 5.82 Å². The van der Waals surface area contributed by atoms with Crippen LogP contribution in [0.3, 0.4) is 0 Å². The molecule has 1 aromatic rings. The highest BCUT2D eigenvalue weighted by Gasteiger charge is 2.21. The van der Waals surface area contributed by atoms with E-state index in [0.29, 0.717) is 6.04 Å². The van der Waals surface area contributed by atoms with Gasteiger partial charge in [-0.05, 0) is 43.0 Å². The van der Waals surface area contributed by atoms with Crippen LogP contribution >= 0.6 is 0 Å². The summed E-state index contributed by atoms with van der Waals surface area (Å²) in [5.41, 5.74) is 2.41. The summed E-state index contributed by atoms with van der Waals surface area (Å²) in [6, 6.07) is 5.49. The highest BCUT2D eigenvalue weighted by atomic mass is 19.1. The largest absolute Gasteiger partial charge is 0.309 e. The first-order valence-electron chi connectivity index (χ1n) is 5.72. The van der Waals surface area contributed by atoms with Crippen LogP contribution in [0.4, 0.5) is 4.39 Å². The van der Waals surface area contributed by atoms with E-state index in [1.54, 1.807) is 12.1 Å². The summed E-state index contributed by atoms with van der Waals surface area (Å²) in [4.78, 5) is 0. The molecule has 0 heterocycles.